The third-order valence-electron chi connectivity index (χ3n) is 9.86. The maximum absolute atomic E-state index is 13.7. The van der Waals surface area contributed by atoms with Crippen molar-refractivity contribution in [2.75, 3.05) is 13.1 Å². The molecule has 284 valence electrons. The first-order valence-electron chi connectivity index (χ1n) is 17.8. The van der Waals surface area contributed by atoms with Gasteiger partial charge >= 0.3 is 5.69 Å². The molecule has 55 heavy (non-hydrogen) atoms. The zero-order chi connectivity index (χ0) is 38.8. The molecule has 1 aromatic heterocycles. The number of β-lactam (4-membered cyclic amide) rings is 2. The molecule has 4 atom stereocenters. The quantitative estimate of drug-likeness (QED) is 0.106. The van der Waals surface area contributed by atoms with Gasteiger partial charge in [0.15, 0.2) is 0 Å². The van der Waals surface area contributed by atoms with Crippen molar-refractivity contribution >= 4 is 58.2 Å². The largest absolute Gasteiger partial charge is 0.478 e. The zero-order valence-corrected chi connectivity index (χ0v) is 32.6. The van der Waals surface area contributed by atoms with Crippen LogP contribution in [0.3, 0.4) is 0 Å². The van der Waals surface area contributed by atoms with Crippen molar-refractivity contribution in [2.45, 2.75) is 57.1 Å². The Balaban J connectivity index is 1.03. The predicted molar refractivity (Wildman–Crippen MR) is 212 cm³/mol. The van der Waals surface area contributed by atoms with Gasteiger partial charge in [-0.2, -0.15) is 0 Å². The summed E-state index contributed by atoms with van der Waals surface area (Å²) in [5, 5.41) is 1.75. The van der Waals surface area contributed by atoms with Gasteiger partial charge < -0.3 is 23.8 Å². The molecule has 0 bridgehead atoms. The van der Waals surface area contributed by atoms with Gasteiger partial charge in [-0.25, -0.2) is 4.79 Å². The molecule has 2 aliphatic heterocycles. The van der Waals surface area contributed by atoms with Crippen LogP contribution in [0.25, 0.3) is 0 Å². The minimum Gasteiger partial charge on any atom is -0.478 e. The first-order valence-corrected chi connectivity index (χ1v) is 19.3. The minimum atomic E-state index is -0.811. The first-order chi connectivity index (χ1) is 26.5. The Bertz CT molecular complexity index is 2340. The van der Waals surface area contributed by atoms with Crippen LogP contribution in [-0.2, 0) is 22.7 Å². The third kappa shape index (κ3) is 8.00. The van der Waals surface area contributed by atoms with Crippen LogP contribution in [0, 0.1) is 6.92 Å². The van der Waals surface area contributed by atoms with Crippen molar-refractivity contribution < 1.29 is 19.1 Å². The van der Waals surface area contributed by atoms with Crippen molar-refractivity contribution in [3.63, 3.8) is 0 Å². The molecule has 4 aromatic carbocycles. The van der Waals surface area contributed by atoms with Crippen LogP contribution in [-0.4, -0.2) is 56.0 Å². The summed E-state index contributed by atoms with van der Waals surface area (Å²) >= 11 is 25.5. The van der Waals surface area contributed by atoms with Crippen LogP contribution < -0.4 is 20.7 Å². The van der Waals surface area contributed by atoms with Gasteiger partial charge in [0.2, 0.25) is 12.2 Å². The van der Waals surface area contributed by atoms with Crippen LogP contribution >= 0.6 is 46.4 Å². The topological polar surface area (TPSA) is 103 Å². The molecule has 0 spiro atoms. The molecule has 5 aromatic rings. The minimum absolute atomic E-state index is 0.0780. The molecule has 0 radical (unpaired) electrons. The molecule has 2 saturated heterocycles. The van der Waals surface area contributed by atoms with Gasteiger partial charge in [-0.1, -0.05) is 94.9 Å². The van der Waals surface area contributed by atoms with Crippen molar-refractivity contribution in [3.05, 3.63) is 161 Å². The molecule has 2 fully saturated rings. The maximum Gasteiger partial charge on any atom is 0.330 e. The van der Waals surface area contributed by atoms with Gasteiger partial charge in [-0.15, -0.1) is 0 Å². The number of aromatic nitrogens is 2. The van der Waals surface area contributed by atoms with Crippen LogP contribution in [0.15, 0.2) is 113 Å². The lowest BCUT2D eigenvalue weighted by Crippen LogP contribution is -2.61. The summed E-state index contributed by atoms with van der Waals surface area (Å²) in [6.07, 6.45) is 0.670. The monoisotopic (exact) mass is 820 g/mol. The molecule has 2 amide bonds. The van der Waals surface area contributed by atoms with Crippen molar-refractivity contribution in [3.8, 4) is 11.5 Å². The highest BCUT2D eigenvalue weighted by Crippen LogP contribution is 2.43. The highest BCUT2D eigenvalue weighted by atomic mass is 35.5. The fourth-order valence-electron chi connectivity index (χ4n) is 7.16. The van der Waals surface area contributed by atoms with E-state index >= 15 is 0 Å². The van der Waals surface area contributed by atoms with Gasteiger partial charge in [0.05, 0.1) is 0 Å². The summed E-state index contributed by atoms with van der Waals surface area (Å²) in [5.74, 6) is 0.668. The van der Waals surface area contributed by atoms with E-state index in [0.717, 1.165) is 0 Å². The standard InChI is InChI=1S/C41H36Cl4N4O6/c1-25-24-46(18-8-19-47-34(30-16-14-26(42)22-32(30)44)36(39(47)51)54-28-10-4-2-5-11-28)41(53)49(38(25)50)21-9-20-48-35(31-17-15-27(43)23-33(31)45)37(40(48)52)55-29-12-6-3-7-13-29/h2-7,10-17,22-24,34-37H,8-9,18-21H2,1H3/t34-,35+,36+,37-/m1/s1. The highest BCUT2D eigenvalue weighted by molar-refractivity contribution is 6.35. The summed E-state index contributed by atoms with van der Waals surface area (Å²) in [5.41, 5.74) is 0.887. The fraction of sp³-hybridized carbons (Fsp3) is 0.268. The average molecular weight is 823 g/mol. The van der Waals surface area contributed by atoms with E-state index < -0.39 is 35.5 Å². The summed E-state index contributed by atoms with van der Waals surface area (Å²) in [6, 6.07) is 27.4. The Hall–Kier alpha value is -4.74. The van der Waals surface area contributed by atoms with Gasteiger partial charge in [-0.05, 0) is 79.4 Å². The number of benzene rings is 4. The Morgan fingerprint density at radius 3 is 1.49 bits per heavy atom. The molecule has 2 aliphatic rings. The second-order valence-electron chi connectivity index (χ2n) is 13.4. The number of para-hydroxylation sites is 2. The molecule has 14 heteroatoms. The number of halogens is 4. The number of carbonyl (C=O) groups excluding carboxylic acids is 2. The molecule has 10 nitrogen and oxygen atoms in total. The van der Waals surface area contributed by atoms with E-state index in [4.69, 9.17) is 55.9 Å². The lowest BCUT2D eigenvalue weighted by Gasteiger charge is -2.47. The number of rotatable bonds is 14. The summed E-state index contributed by atoms with van der Waals surface area (Å²) in [4.78, 5) is 57.1. The van der Waals surface area contributed by atoms with Crippen molar-refractivity contribution in [1.29, 1.82) is 0 Å². The number of aryl methyl sites for hydroxylation is 2. The number of nitrogens with zero attached hydrogens (tertiary/aromatic N) is 4. The lowest BCUT2D eigenvalue weighted by molar-refractivity contribution is -0.164. The van der Waals surface area contributed by atoms with Crippen molar-refractivity contribution in [2.24, 2.45) is 0 Å². The molecule has 0 N–H and O–H groups in total. The Kier molecular flexibility index (Phi) is 11.6. The smallest absolute Gasteiger partial charge is 0.330 e. The van der Waals surface area contributed by atoms with Gasteiger partial charge in [-0.3, -0.25) is 19.0 Å². The zero-order valence-electron chi connectivity index (χ0n) is 29.6. The van der Waals surface area contributed by atoms with E-state index in [1.54, 1.807) is 77.4 Å². The summed E-state index contributed by atoms with van der Waals surface area (Å²) in [6.45, 7) is 2.53. The number of hydrogen-bond acceptors (Lipinski definition) is 6. The summed E-state index contributed by atoms with van der Waals surface area (Å²) in [7, 11) is 0. The number of amides is 2. The molecule has 3 heterocycles. The molecular weight excluding hydrogens is 786 g/mol. The fourth-order valence-corrected chi connectivity index (χ4v) is 8.21. The third-order valence-corrected chi connectivity index (χ3v) is 11.0. The van der Waals surface area contributed by atoms with Crippen LogP contribution in [0.5, 0.6) is 11.5 Å². The second kappa shape index (κ2) is 16.5. The molecule has 0 aliphatic carbocycles. The van der Waals surface area contributed by atoms with Crippen LogP contribution in [0.4, 0.5) is 0 Å². The van der Waals surface area contributed by atoms with Crippen molar-refractivity contribution in [1.82, 2.24) is 18.9 Å². The van der Waals surface area contributed by atoms with Crippen LogP contribution in [0.1, 0.15) is 41.6 Å². The number of carbonyl (C=O) groups is 2. The SMILES string of the molecule is Cc1cn(CCCN2C(=O)[C@@H](Oc3ccccc3)[C@H]2c2ccc(Cl)cc2Cl)c(=O)n(CCCN2C(=O)[C@H](Oc3ccccc3)[C@@H]2c2ccc(Cl)cc2Cl)c1=O. The normalized spacial score (nSPS) is 19.2. The van der Waals surface area contributed by atoms with E-state index in [1.165, 1.54) is 15.3 Å². The second-order valence-corrected chi connectivity index (χ2v) is 15.1. The molecule has 0 unspecified atom stereocenters. The average Bonchev–Trinajstić information content (AvgIpc) is 3.17. The first kappa shape index (κ1) is 38.5. The van der Waals surface area contributed by atoms with E-state index in [9.17, 15) is 19.2 Å². The van der Waals surface area contributed by atoms with Gasteiger partial charge in [0.25, 0.3) is 17.4 Å². The Morgan fingerprint density at radius 2 is 1.04 bits per heavy atom. The van der Waals surface area contributed by atoms with E-state index in [1.807, 2.05) is 36.4 Å². The predicted octanol–water partition coefficient (Wildman–Crippen LogP) is 7.77. The molecule has 0 saturated carbocycles. The van der Waals surface area contributed by atoms with Gasteiger partial charge in [0.1, 0.15) is 23.6 Å². The van der Waals surface area contributed by atoms with E-state index in [-0.39, 0.29) is 31.4 Å². The van der Waals surface area contributed by atoms with Crippen LogP contribution in [0.2, 0.25) is 20.1 Å². The van der Waals surface area contributed by atoms with E-state index in [0.29, 0.717) is 67.7 Å². The number of hydrogen-bond donors (Lipinski definition) is 0. The molecule has 7 rings (SSSR count). The Labute approximate surface area is 337 Å². The molecular formula is C41H36Cl4N4O6. The summed E-state index contributed by atoms with van der Waals surface area (Å²) < 4.78 is 14.9. The number of likely N-dealkylation sites (tertiary alicyclic amines) is 2. The lowest BCUT2D eigenvalue weighted by atomic mass is 9.90. The number of ether oxygens (including phenoxy) is 2. The highest BCUT2D eigenvalue weighted by Gasteiger charge is 2.51. The Morgan fingerprint density at radius 1 is 0.582 bits per heavy atom. The van der Waals surface area contributed by atoms with E-state index in [2.05, 4.69) is 0 Å². The maximum atomic E-state index is 13.7. The van der Waals surface area contributed by atoms with Gasteiger partial charge in [0, 0.05) is 58.0 Å².